The number of carbonyl (C=O) groups is 1. The first kappa shape index (κ1) is 16.8. The zero-order chi connectivity index (χ0) is 15.0. The Balaban J connectivity index is 1.32. The van der Waals surface area contributed by atoms with Crippen LogP contribution in [-0.4, -0.2) is 23.3 Å². The van der Waals surface area contributed by atoms with Gasteiger partial charge in [0.2, 0.25) is 0 Å². The van der Waals surface area contributed by atoms with Crippen molar-refractivity contribution in [2.45, 2.75) is 95.5 Å². The number of rotatable bonds is 12. The van der Waals surface area contributed by atoms with Crippen molar-refractivity contribution >= 4 is 5.97 Å². The number of unbranched alkanes of at least 4 members (excludes halogenated alkanes) is 7. The molecule has 2 aliphatic rings. The van der Waals surface area contributed by atoms with E-state index >= 15 is 0 Å². The van der Waals surface area contributed by atoms with Gasteiger partial charge in [0.1, 0.15) is 0 Å². The lowest BCUT2D eigenvalue weighted by molar-refractivity contribution is -0.143. The molecule has 0 spiro atoms. The van der Waals surface area contributed by atoms with Crippen LogP contribution < -0.4 is 0 Å². The Kier molecular flexibility index (Phi) is 7.01. The first-order valence-electron chi connectivity index (χ1n) is 9.10. The predicted molar refractivity (Wildman–Crippen MR) is 84.4 cm³/mol. The second-order valence-electron chi connectivity index (χ2n) is 7.11. The molecule has 3 heteroatoms. The molecule has 0 radical (unpaired) electrons. The van der Waals surface area contributed by atoms with Crippen molar-refractivity contribution in [2.75, 3.05) is 6.61 Å². The zero-order valence-electron chi connectivity index (χ0n) is 13.4. The molecule has 0 aromatic heterocycles. The lowest BCUT2D eigenvalue weighted by Gasteiger charge is -2.08. The zero-order valence-corrected chi connectivity index (χ0v) is 13.4. The highest BCUT2D eigenvalue weighted by Gasteiger charge is 2.51. The van der Waals surface area contributed by atoms with Crippen molar-refractivity contribution in [3.05, 3.63) is 0 Å². The minimum atomic E-state index is -0.791. The second kappa shape index (κ2) is 8.77. The molecule has 1 saturated carbocycles. The number of hydrogen-bond donors (Lipinski definition) is 1. The topological polar surface area (TPSA) is 49.8 Å². The maximum Gasteiger partial charge on any atom is 0.338 e. The normalized spacial score (nSPS) is 25.3. The van der Waals surface area contributed by atoms with Crippen LogP contribution in [-0.2, 0) is 9.53 Å². The molecule has 1 aliphatic carbocycles. The summed E-state index contributed by atoms with van der Waals surface area (Å²) in [6.07, 6.45) is 18.4. The summed E-state index contributed by atoms with van der Waals surface area (Å²) >= 11 is 0. The molecule has 1 N–H and O–H groups in total. The number of ether oxygens (including phenoxy) is 1. The van der Waals surface area contributed by atoms with Crippen molar-refractivity contribution in [3.8, 4) is 0 Å². The third kappa shape index (κ3) is 5.98. The van der Waals surface area contributed by atoms with Gasteiger partial charge in [-0.05, 0) is 18.8 Å². The summed E-state index contributed by atoms with van der Waals surface area (Å²) in [6.45, 7) is 0.420. The summed E-state index contributed by atoms with van der Waals surface area (Å²) in [6, 6.07) is 0. The number of aliphatic carboxylic acids is 1. The largest absolute Gasteiger partial charge is 0.479 e. The van der Waals surface area contributed by atoms with Gasteiger partial charge in [-0.1, -0.05) is 77.0 Å². The molecule has 122 valence electrons. The van der Waals surface area contributed by atoms with E-state index in [4.69, 9.17) is 9.84 Å². The summed E-state index contributed by atoms with van der Waals surface area (Å²) < 4.78 is 5.07. The molecule has 2 rings (SSSR count). The van der Waals surface area contributed by atoms with Crippen LogP contribution in [0.4, 0.5) is 0 Å². The van der Waals surface area contributed by atoms with Gasteiger partial charge >= 0.3 is 5.97 Å². The van der Waals surface area contributed by atoms with Crippen LogP contribution in [0.3, 0.4) is 0 Å². The molecule has 1 saturated heterocycles. The highest BCUT2D eigenvalue weighted by Crippen LogP contribution is 2.33. The average molecular weight is 296 g/mol. The first-order valence-corrected chi connectivity index (χ1v) is 9.10. The molecule has 1 aliphatic heterocycles. The first-order chi connectivity index (χ1) is 10.2. The molecule has 0 aromatic carbocycles. The molecule has 0 amide bonds. The fraction of sp³-hybridized carbons (Fsp3) is 0.944. The van der Waals surface area contributed by atoms with Crippen LogP contribution in [0.15, 0.2) is 0 Å². The van der Waals surface area contributed by atoms with E-state index in [0.717, 1.165) is 18.8 Å². The monoisotopic (exact) mass is 296 g/mol. The van der Waals surface area contributed by atoms with Crippen molar-refractivity contribution in [3.63, 3.8) is 0 Å². The third-order valence-electron chi connectivity index (χ3n) is 5.30. The standard InChI is InChI=1S/C18H32O3/c19-17(20)18(15-21-18)14-10-6-4-2-1-3-5-7-11-16-12-8-9-13-16/h16H,1-15H2,(H,19,20). The van der Waals surface area contributed by atoms with E-state index in [2.05, 4.69) is 0 Å². The van der Waals surface area contributed by atoms with E-state index in [1.165, 1.54) is 70.6 Å². The van der Waals surface area contributed by atoms with Gasteiger partial charge in [-0.15, -0.1) is 0 Å². The predicted octanol–water partition coefficient (Wildman–Crippen LogP) is 4.93. The van der Waals surface area contributed by atoms with Crippen LogP contribution in [0.1, 0.15) is 89.9 Å². The van der Waals surface area contributed by atoms with Gasteiger partial charge in [0.15, 0.2) is 5.60 Å². The van der Waals surface area contributed by atoms with E-state index in [1.807, 2.05) is 0 Å². The van der Waals surface area contributed by atoms with Crippen LogP contribution in [0.2, 0.25) is 0 Å². The highest BCUT2D eigenvalue weighted by molar-refractivity contribution is 5.80. The van der Waals surface area contributed by atoms with Crippen molar-refractivity contribution in [1.29, 1.82) is 0 Å². The number of carboxylic acid groups (broad SMARTS) is 1. The molecular formula is C18H32O3. The smallest absolute Gasteiger partial charge is 0.338 e. The Bertz CT molecular complexity index is 304. The highest BCUT2D eigenvalue weighted by atomic mass is 16.6. The third-order valence-corrected chi connectivity index (χ3v) is 5.30. The quantitative estimate of drug-likeness (QED) is 0.410. The van der Waals surface area contributed by atoms with E-state index < -0.39 is 11.6 Å². The minimum absolute atomic E-state index is 0.420. The van der Waals surface area contributed by atoms with E-state index in [0.29, 0.717) is 13.0 Å². The summed E-state index contributed by atoms with van der Waals surface area (Å²) in [5.74, 6) is 0.279. The Morgan fingerprint density at radius 2 is 1.48 bits per heavy atom. The Morgan fingerprint density at radius 3 is 2.00 bits per heavy atom. The fourth-order valence-electron chi connectivity index (χ4n) is 3.67. The molecule has 3 nitrogen and oxygen atoms in total. The molecule has 1 unspecified atom stereocenters. The van der Waals surface area contributed by atoms with E-state index in [-0.39, 0.29) is 0 Å². The molecule has 2 fully saturated rings. The van der Waals surface area contributed by atoms with E-state index in [9.17, 15) is 4.79 Å². The van der Waals surface area contributed by atoms with Gasteiger partial charge in [-0.2, -0.15) is 0 Å². The molecule has 21 heavy (non-hydrogen) atoms. The van der Waals surface area contributed by atoms with Gasteiger partial charge in [0.25, 0.3) is 0 Å². The van der Waals surface area contributed by atoms with Gasteiger partial charge < -0.3 is 9.84 Å². The average Bonchev–Trinajstić information content (AvgIpc) is 3.09. The van der Waals surface area contributed by atoms with Crippen LogP contribution >= 0.6 is 0 Å². The van der Waals surface area contributed by atoms with Gasteiger partial charge in [0.05, 0.1) is 6.61 Å². The van der Waals surface area contributed by atoms with Crippen molar-refractivity contribution in [2.24, 2.45) is 5.92 Å². The Hall–Kier alpha value is -0.570. The van der Waals surface area contributed by atoms with Crippen LogP contribution in [0.25, 0.3) is 0 Å². The lowest BCUT2D eigenvalue weighted by atomic mass is 9.98. The molecule has 1 atom stereocenters. The Morgan fingerprint density at radius 1 is 0.952 bits per heavy atom. The summed E-state index contributed by atoms with van der Waals surface area (Å²) in [7, 11) is 0. The maximum absolute atomic E-state index is 10.9. The van der Waals surface area contributed by atoms with Crippen molar-refractivity contribution in [1.82, 2.24) is 0 Å². The maximum atomic E-state index is 10.9. The lowest BCUT2D eigenvalue weighted by Crippen LogP contribution is -2.23. The van der Waals surface area contributed by atoms with Crippen LogP contribution in [0, 0.1) is 5.92 Å². The SMILES string of the molecule is O=C(O)C1(CCCCCCCCCCC2CCCC2)CO1. The number of hydrogen-bond acceptors (Lipinski definition) is 2. The summed E-state index contributed by atoms with van der Waals surface area (Å²) in [5.41, 5.74) is -0.791. The second-order valence-corrected chi connectivity index (χ2v) is 7.11. The van der Waals surface area contributed by atoms with Crippen LogP contribution in [0.5, 0.6) is 0 Å². The minimum Gasteiger partial charge on any atom is -0.479 e. The van der Waals surface area contributed by atoms with Gasteiger partial charge in [-0.25, -0.2) is 4.79 Å². The van der Waals surface area contributed by atoms with E-state index in [1.54, 1.807) is 0 Å². The number of carboxylic acids is 1. The molecule has 1 heterocycles. The molecule has 0 aromatic rings. The Labute approximate surface area is 129 Å². The van der Waals surface area contributed by atoms with Gasteiger partial charge in [0, 0.05) is 0 Å². The fourth-order valence-corrected chi connectivity index (χ4v) is 3.67. The van der Waals surface area contributed by atoms with Gasteiger partial charge in [-0.3, -0.25) is 0 Å². The summed E-state index contributed by atoms with van der Waals surface area (Å²) in [4.78, 5) is 10.9. The van der Waals surface area contributed by atoms with Crippen molar-refractivity contribution < 1.29 is 14.6 Å². The number of epoxide rings is 1. The molecule has 0 bridgehead atoms. The molecular weight excluding hydrogens is 264 g/mol. The summed E-state index contributed by atoms with van der Waals surface area (Å²) in [5, 5.41) is 8.98.